The van der Waals surface area contributed by atoms with E-state index < -0.39 is 11.9 Å². The van der Waals surface area contributed by atoms with Crippen LogP contribution in [-0.2, 0) is 11.2 Å². The molecule has 1 heterocycles. The molecular formula is C11H16N2O2S2. The molecule has 1 aromatic heterocycles. The molecule has 2 N–H and O–H groups in total. The van der Waals surface area contributed by atoms with Crippen molar-refractivity contribution in [3.63, 3.8) is 0 Å². The van der Waals surface area contributed by atoms with Gasteiger partial charge in [0.1, 0.15) is 5.92 Å². The third kappa shape index (κ3) is 2.74. The average molecular weight is 272 g/mol. The van der Waals surface area contributed by atoms with Crippen LogP contribution in [0.3, 0.4) is 0 Å². The number of thioether (sulfide) groups is 1. The van der Waals surface area contributed by atoms with Crippen molar-refractivity contribution in [1.82, 2.24) is 4.98 Å². The number of hydrogen-bond donors (Lipinski definition) is 2. The molecule has 17 heavy (non-hydrogen) atoms. The highest BCUT2D eigenvalue weighted by atomic mass is 32.2. The minimum atomic E-state index is -0.752. The van der Waals surface area contributed by atoms with Crippen molar-refractivity contribution in [3.8, 4) is 0 Å². The van der Waals surface area contributed by atoms with Crippen LogP contribution in [0.15, 0.2) is 0 Å². The SMILES string of the molecule is CSC(C)CNc1nc2c(s1)CCC2C(=O)O. The van der Waals surface area contributed by atoms with Gasteiger partial charge in [-0.25, -0.2) is 4.98 Å². The number of aliphatic carboxylic acids is 1. The quantitative estimate of drug-likeness (QED) is 0.862. The average Bonchev–Trinajstić information content (AvgIpc) is 2.84. The summed E-state index contributed by atoms with van der Waals surface area (Å²) in [5.74, 6) is -1.15. The third-order valence-corrected chi connectivity index (χ3v) is 5.02. The molecular weight excluding hydrogens is 256 g/mol. The molecule has 2 rings (SSSR count). The first-order chi connectivity index (χ1) is 8.11. The number of aryl methyl sites for hydroxylation is 1. The summed E-state index contributed by atoms with van der Waals surface area (Å²) < 4.78 is 0. The predicted molar refractivity (Wildman–Crippen MR) is 72.3 cm³/mol. The molecule has 94 valence electrons. The van der Waals surface area contributed by atoms with E-state index >= 15 is 0 Å². The van der Waals surface area contributed by atoms with Crippen LogP contribution >= 0.6 is 23.1 Å². The fraction of sp³-hybridized carbons (Fsp3) is 0.636. The Morgan fingerprint density at radius 3 is 3.18 bits per heavy atom. The largest absolute Gasteiger partial charge is 0.481 e. The molecule has 1 aromatic rings. The number of aromatic nitrogens is 1. The summed E-state index contributed by atoms with van der Waals surface area (Å²) in [5.41, 5.74) is 0.779. The molecule has 0 aromatic carbocycles. The third-order valence-electron chi connectivity index (χ3n) is 2.96. The Kier molecular flexibility index (Phi) is 3.93. The Hall–Kier alpha value is -0.750. The van der Waals surface area contributed by atoms with Crippen LogP contribution < -0.4 is 5.32 Å². The number of carboxylic acid groups (broad SMARTS) is 1. The summed E-state index contributed by atoms with van der Waals surface area (Å²) in [6.07, 6.45) is 3.63. The number of carboxylic acids is 1. The van der Waals surface area contributed by atoms with Gasteiger partial charge in [0.2, 0.25) is 0 Å². The molecule has 0 spiro atoms. The first-order valence-corrected chi connectivity index (χ1v) is 7.71. The van der Waals surface area contributed by atoms with Crippen LogP contribution in [0.5, 0.6) is 0 Å². The minimum absolute atomic E-state index is 0.394. The van der Waals surface area contributed by atoms with Gasteiger partial charge in [0.05, 0.1) is 5.69 Å². The van der Waals surface area contributed by atoms with Gasteiger partial charge in [-0.15, -0.1) is 11.3 Å². The van der Waals surface area contributed by atoms with Crippen molar-refractivity contribution in [2.24, 2.45) is 0 Å². The van der Waals surface area contributed by atoms with E-state index in [0.717, 1.165) is 28.7 Å². The first-order valence-electron chi connectivity index (χ1n) is 5.61. The van der Waals surface area contributed by atoms with E-state index in [1.807, 2.05) is 0 Å². The summed E-state index contributed by atoms with van der Waals surface area (Å²) in [6, 6.07) is 0. The number of carbonyl (C=O) groups is 1. The van der Waals surface area contributed by atoms with Crippen molar-refractivity contribution >= 4 is 34.2 Å². The zero-order chi connectivity index (χ0) is 12.4. The molecule has 6 heteroatoms. The Morgan fingerprint density at radius 1 is 1.76 bits per heavy atom. The highest BCUT2D eigenvalue weighted by molar-refractivity contribution is 7.99. The van der Waals surface area contributed by atoms with Gasteiger partial charge in [-0.3, -0.25) is 4.79 Å². The maximum absolute atomic E-state index is 11.0. The number of anilines is 1. The standard InChI is InChI=1S/C11H16N2O2S2/c1-6(16-2)5-12-11-13-9-7(10(14)15)3-4-8(9)17-11/h6-7H,3-5H2,1-2H3,(H,12,13)(H,14,15). The lowest BCUT2D eigenvalue weighted by Crippen LogP contribution is -2.13. The number of rotatable bonds is 5. The summed E-state index contributed by atoms with van der Waals surface area (Å²) in [6.45, 7) is 3.02. The van der Waals surface area contributed by atoms with Crippen molar-refractivity contribution in [2.45, 2.75) is 30.9 Å². The Balaban J connectivity index is 2.03. The Bertz CT molecular complexity index is 420. The number of fused-ring (bicyclic) bond motifs is 1. The van der Waals surface area contributed by atoms with Gasteiger partial charge < -0.3 is 10.4 Å². The monoisotopic (exact) mass is 272 g/mol. The highest BCUT2D eigenvalue weighted by Crippen LogP contribution is 2.38. The van der Waals surface area contributed by atoms with E-state index in [-0.39, 0.29) is 0 Å². The molecule has 0 aliphatic heterocycles. The minimum Gasteiger partial charge on any atom is -0.481 e. The molecule has 0 saturated carbocycles. The number of hydrogen-bond acceptors (Lipinski definition) is 5. The summed E-state index contributed by atoms with van der Waals surface area (Å²) in [7, 11) is 0. The number of nitrogens with zero attached hydrogens (tertiary/aromatic N) is 1. The number of thiazole rings is 1. The van der Waals surface area contributed by atoms with Crippen molar-refractivity contribution in [2.75, 3.05) is 18.1 Å². The molecule has 0 radical (unpaired) electrons. The Labute approximate surface area is 109 Å². The highest BCUT2D eigenvalue weighted by Gasteiger charge is 2.32. The van der Waals surface area contributed by atoms with Gasteiger partial charge >= 0.3 is 5.97 Å². The molecule has 1 aliphatic carbocycles. The normalized spacial score (nSPS) is 20.0. The van der Waals surface area contributed by atoms with E-state index in [4.69, 9.17) is 5.11 Å². The Morgan fingerprint density at radius 2 is 2.53 bits per heavy atom. The first kappa shape index (κ1) is 12.7. The van der Waals surface area contributed by atoms with Crippen LogP contribution in [0.4, 0.5) is 5.13 Å². The van der Waals surface area contributed by atoms with Gasteiger partial charge in [-0.2, -0.15) is 11.8 Å². The second kappa shape index (κ2) is 5.27. The second-order valence-electron chi connectivity index (χ2n) is 4.18. The van der Waals surface area contributed by atoms with Crippen molar-refractivity contribution < 1.29 is 9.90 Å². The van der Waals surface area contributed by atoms with Gasteiger partial charge in [0.15, 0.2) is 5.13 Å². The topological polar surface area (TPSA) is 62.2 Å². The van der Waals surface area contributed by atoms with Gasteiger partial charge in [-0.05, 0) is 19.1 Å². The smallest absolute Gasteiger partial charge is 0.312 e. The predicted octanol–water partition coefficient (Wildman–Crippen LogP) is 2.42. The summed E-state index contributed by atoms with van der Waals surface area (Å²) >= 11 is 3.40. The molecule has 0 fully saturated rings. The van der Waals surface area contributed by atoms with Crippen LogP contribution in [0.25, 0.3) is 0 Å². The van der Waals surface area contributed by atoms with Crippen LogP contribution in [0, 0.1) is 0 Å². The fourth-order valence-electron chi connectivity index (χ4n) is 1.86. The van der Waals surface area contributed by atoms with Crippen molar-refractivity contribution in [3.05, 3.63) is 10.6 Å². The lowest BCUT2D eigenvalue weighted by Gasteiger charge is -2.08. The molecule has 0 saturated heterocycles. The summed E-state index contributed by atoms with van der Waals surface area (Å²) in [4.78, 5) is 16.6. The molecule has 2 atom stereocenters. The number of nitrogens with one attached hydrogen (secondary N) is 1. The molecule has 0 bridgehead atoms. The lowest BCUT2D eigenvalue weighted by atomic mass is 10.1. The van der Waals surface area contributed by atoms with Gasteiger partial charge in [0.25, 0.3) is 0 Å². The van der Waals surface area contributed by atoms with E-state index in [2.05, 4.69) is 23.5 Å². The second-order valence-corrected chi connectivity index (χ2v) is 6.54. The van der Waals surface area contributed by atoms with Gasteiger partial charge in [-0.1, -0.05) is 6.92 Å². The van der Waals surface area contributed by atoms with E-state index in [1.54, 1.807) is 23.1 Å². The molecule has 4 nitrogen and oxygen atoms in total. The maximum atomic E-state index is 11.0. The van der Waals surface area contributed by atoms with Crippen LogP contribution in [-0.4, -0.2) is 34.1 Å². The molecule has 0 amide bonds. The fourth-order valence-corrected chi connectivity index (χ4v) is 3.15. The van der Waals surface area contributed by atoms with E-state index in [0.29, 0.717) is 11.7 Å². The zero-order valence-corrected chi connectivity index (χ0v) is 11.5. The van der Waals surface area contributed by atoms with Crippen molar-refractivity contribution in [1.29, 1.82) is 0 Å². The molecule has 1 aliphatic rings. The van der Waals surface area contributed by atoms with E-state index in [1.165, 1.54) is 0 Å². The lowest BCUT2D eigenvalue weighted by molar-refractivity contribution is -0.138. The maximum Gasteiger partial charge on any atom is 0.312 e. The van der Waals surface area contributed by atoms with Crippen LogP contribution in [0.2, 0.25) is 0 Å². The zero-order valence-electron chi connectivity index (χ0n) is 9.90. The van der Waals surface area contributed by atoms with Crippen LogP contribution in [0.1, 0.15) is 29.8 Å². The van der Waals surface area contributed by atoms with E-state index in [9.17, 15) is 4.79 Å². The molecule has 2 unspecified atom stereocenters. The summed E-state index contributed by atoms with van der Waals surface area (Å²) in [5, 5.41) is 13.7. The van der Waals surface area contributed by atoms with Gasteiger partial charge in [0, 0.05) is 16.7 Å².